The summed E-state index contributed by atoms with van der Waals surface area (Å²) in [6, 6.07) is 6.06. The number of hydrogen-bond acceptors (Lipinski definition) is 3. The maximum Gasteiger partial charge on any atom is 0.149 e. The molecule has 0 atom stereocenters. The number of halogens is 2. The van der Waals surface area contributed by atoms with Crippen LogP contribution in [0.5, 0.6) is 0 Å². The number of nitrogens with one attached hydrogen (secondary N) is 1. The SMILES string of the molecule is Cc1cc(F)ccc1Nc1ncc(N)cc1Cl. The largest absolute Gasteiger partial charge is 0.397 e. The number of aromatic nitrogens is 1. The van der Waals surface area contributed by atoms with Crippen LogP contribution in [-0.4, -0.2) is 4.98 Å². The molecule has 0 unspecified atom stereocenters. The van der Waals surface area contributed by atoms with Crippen LogP contribution in [0.15, 0.2) is 30.5 Å². The molecule has 0 radical (unpaired) electrons. The molecule has 1 aromatic carbocycles. The van der Waals surface area contributed by atoms with Gasteiger partial charge in [0.1, 0.15) is 11.6 Å². The molecule has 3 nitrogen and oxygen atoms in total. The first-order chi connectivity index (χ1) is 8.06. The van der Waals surface area contributed by atoms with E-state index >= 15 is 0 Å². The first-order valence-corrected chi connectivity index (χ1v) is 5.38. The van der Waals surface area contributed by atoms with Crippen LogP contribution in [0.3, 0.4) is 0 Å². The lowest BCUT2D eigenvalue weighted by Gasteiger charge is -2.10. The van der Waals surface area contributed by atoms with Gasteiger partial charge in [0, 0.05) is 5.69 Å². The molecule has 0 saturated heterocycles. The second-order valence-electron chi connectivity index (χ2n) is 3.68. The minimum absolute atomic E-state index is 0.274. The van der Waals surface area contributed by atoms with Crippen LogP contribution in [-0.2, 0) is 0 Å². The number of aryl methyl sites for hydroxylation is 1. The average Bonchev–Trinajstić information content (AvgIpc) is 2.25. The van der Waals surface area contributed by atoms with E-state index in [0.717, 1.165) is 11.3 Å². The third kappa shape index (κ3) is 2.65. The van der Waals surface area contributed by atoms with Gasteiger partial charge in [-0.05, 0) is 36.8 Å². The van der Waals surface area contributed by atoms with E-state index in [9.17, 15) is 4.39 Å². The molecule has 17 heavy (non-hydrogen) atoms. The zero-order valence-electron chi connectivity index (χ0n) is 9.17. The summed E-state index contributed by atoms with van der Waals surface area (Å²) < 4.78 is 12.9. The first kappa shape index (κ1) is 11.7. The molecule has 0 fully saturated rings. The lowest BCUT2D eigenvalue weighted by molar-refractivity contribution is 0.627. The van der Waals surface area contributed by atoms with E-state index in [1.54, 1.807) is 19.1 Å². The molecule has 1 aromatic heterocycles. The van der Waals surface area contributed by atoms with Crippen molar-refractivity contribution in [2.24, 2.45) is 0 Å². The Morgan fingerprint density at radius 3 is 2.76 bits per heavy atom. The molecule has 1 heterocycles. The molecule has 2 rings (SSSR count). The molecular weight excluding hydrogens is 241 g/mol. The van der Waals surface area contributed by atoms with Crippen molar-refractivity contribution in [1.29, 1.82) is 0 Å². The molecule has 0 spiro atoms. The first-order valence-electron chi connectivity index (χ1n) is 5.00. The second kappa shape index (κ2) is 4.59. The van der Waals surface area contributed by atoms with E-state index < -0.39 is 0 Å². The van der Waals surface area contributed by atoms with Crippen molar-refractivity contribution in [3.05, 3.63) is 46.9 Å². The van der Waals surface area contributed by atoms with Crippen LogP contribution >= 0.6 is 11.6 Å². The molecular formula is C12H11ClFN3. The van der Waals surface area contributed by atoms with Gasteiger partial charge in [0.15, 0.2) is 0 Å². The molecule has 0 aliphatic heterocycles. The summed E-state index contributed by atoms with van der Waals surface area (Å²) in [5, 5.41) is 3.45. The van der Waals surface area contributed by atoms with Gasteiger partial charge in [-0.25, -0.2) is 9.37 Å². The van der Waals surface area contributed by atoms with E-state index in [0.29, 0.717) is 16.5 Å². The third-order valence-corrected chi connectivity index (χ3v) is 2.59. The predicted molar refractivity (Wildman–Crippen MR) is 68.1 cm³/mol. The molecule has 88 valence electrons. The van der Waals surface area contributed by atoms with Crippen molar-refractivity contribution in [2.45, 2.75) is 6.92 Å². The number of nitrogens with zero attached hydrogens (tertiary/aromatic N) is 1. The summed E-state index contributed by atoms with van der Waals surface area (Å²) in [5.74, 6) is 0.222. The van der Waals surface area contributed by atoms with Gasteiger partial charge in [-0.2, -0.15) is 0 Å². The van der Waals surface area contributed by atoms with Crippen LogP contribution in [0.1, 0.15) is 5.56 Å². The highest BCUT2D eigenvalue weighted by Gasteiger charge is 2.05. The summed E-state index contributed by atoms with van der Waals surface area (Å²) in [5.41, 5.74) is 7.58. The third-order valence-electron chi connectivity index (χ3n) is 2.30. The quantitative estimate of drug-likeness (QED) is 0.859. The van der Waals surface area contributed by atoms with Crippen LogP contribution in [0.2, 0.25) is 5.02 Å². The molecule has 2 aromatic rings. The Kier molecular flexibility index (Phi) is 3.15. The van der Waals surface area contributed by atoms with E-state index in [2.05, 4.69) is 10.3 Å². The molecule has 0 saturated carbocycles. The topological polar surface area (TPSA) is 50.9 Å². The smallest absolute Gasteiger partial charge is 0.149 e. The summed E-state index contributed by atoms with van der Waals surface area (Å²) in [7, 11) is 0. The summed E-state index contributed by atoms with van der Waals surface area (Å²) in [4.78, 5) is 4.07. The van der Waals surface area contributed by atoms with Gasteiger partial charge in [0.05, 0.1) is 16.9 Å². The lowest BCUT2D eigenvalue weighted by atomic mass is 10.2. The maximum absolute atomic E-state index is 12.9. The van der Waals surface area contributed by atoms with E-state index in [1.807, 2.05) is 0 Å². The number of rotatable bonds is 2. The van der Waals surface area contributed by atoms with Crippen molar-refractivity contribution in [3.63, 3.8) is 0 Å². The standard InChI is InChI=1S/C12H11ClFN3/c1-7-4-8(14)2-3-11(7)17-12-10(13)5-9(15)6-16-12/h2-6H,15H2,1H3,(H,16,17). The fourth-order valence-electron chi connectivity index (χ4n) is 1.44. The Balaban J connectivity index is 2.31. The van der Waals surface area contributed by atoms with Gasteiger partial charge in [0.25, 0.3) is 0 Å². The number of nitrogens with two attached hydrogens (primary N) is 1. The van der Waals surface area contributed by atoms with Crippen molar-refractivity contribution >= 4 is 28.8 Å². The summed E-state index contributed by atoms with van der Waals surface area (Å²) >= 11 is 5.98. The Morgan fingerprint density at radius 1 is 1.35 bits per heavy atom. The monoisotopic (exact) mass is 251 g/mol. The van der Waals surface area contributed by atoms with Gasteiger partial charge in [0.2, 0.25) is 0 Å². The lowest BCUT2D eigenvalue weighted by Crippen LogP contribution is -1.98. The Labute approximate surface area is 103 Å². The van der Waals surface area contributed by atoms with Gasteiger partial charge < -0.3 is 11.1 Å². The zero-order valence-corrected chi connectivity index (χ0v) is 9.92. The molecule has 0 aliphatic rings. The number of nitrogen functional groups attached to an aromatic ring is 1. The number of anilines is 3. The van der Waals surface area contributed by atoms with Gasteiger partial charge in [-0.15, -0.1) is 0 Å². The number of benzene rings is 1. The second-order valence-corrected chi connectivity index (χ2v) is 4.09. The van der Waals surface area contributed by atoms with Crippen LogP contribution in [0.25, 0.3) is 0 Å². The number of hydrogen-bond donors (Lipinski definition) is 2. The zero-order chi connectivity index (χ0) is 12.4. The normalized spacial score (nSPS) is 10.3. The van der Waals surface area contributed by atoms with E-state index in [-0.39, 0.29) is 5.82 Å². The van der Waals surface area contributed by atoms with Crippen LogP contribution < -0.4 is 11.1 Å². The summed E-state index contributed by atoms with van der Waals surface area (Å²) in [6.45, 7) is 1.80. The molecule has 0 amide bonds. The van der Waals surface area contributed by atoms with Crippen molar-refractivity contribution in [3.8, 4) is 0 Å². The maximum atomic E-state index is 12.9. The highest BCUT2D eigenvalue weighted by molar-refractivity contribution is 6.33. The van der Waals surface area contributed by atoms with Crippen LogP contribution in [0.4, 0.5) is 21.6 Å². The molecule has 3 N–H and O–H groups in total. The van der Waals surface area contributed by atoms with Crippen molar-refractivity contribution < 1.29 is 4.39 Å². The van der Waals surface area contributed by atoms with Gasteiger partial charge in [-0.1, -0.05) is 11.6 Å². The van der Waals surface area contributed by atoms with Crippen molar-refractivity contribution in [2.75, 3.05) is 11.1 Å². The number of pyridine rings is 1. The Hall–Kier alpha value is -1.81. The Bertz CT molecular complexity index is 508. The van der Waals surface area contributed by atoms with Crippen molar-refractivity contribution in [1.82, 2.24) is 4.98 Å². The minimum Gasteiger partial charge on any atom is -0.397 e. The van der Waals surface area contributed by atoms with Gasteiger partial charge in [-0.3, -0.25) is 0 Å². The van der Waals surface area contributed by atoms with E-state index in [1.165, 1.54) is 18.3 Å². The molecule has 5 heteroatoms. The Morgan fingerprint density at radius 2 is 2.12 bits per heavy atom. The van der Waals surface area contributed by atoms with E-state index in [4.69, 9.17) is 17.3 Å². The predicted octanol–water partition coefficient (Wildman–Crippen LogP) is 3.51. The molecule has 0 bridgehead atoms. The fourth-order valence-corrected chi connectivity index (χ4v) is 1.66. The minimum atomic E-state index is -0.274. The average molecular weight is 252 g/mol. The van der Waals surface area contributed by atoms with Crippen LogP contribution in [0, 0.1) is 12.7 Å². The molecule has 0 aliphatic carbocycles. The highest BCUT2D eigenvalue weighted by Crippen LogP contribution is 2.26. The highest BCUT2D eigenvalue weighted by atomic mass is 35.5. The fraction of sp³-hybridized carbons (Fsp3) is 0.0833. The summed E-state index contributed by atoms with van der Waals surface area (Å²) in [6.07, 6.45) is 1.51. The van der Waals surface area contributed by atoms with Gasteiger partial charge >= 0.3 is 0 Å².